The first-order valence-corrected chi connectivity index (χ1v) is 8.93. The molecule has 0 aliphatic carbocycles. The van der Waals surface area contributed by atoms with Gasteiger partial charge in [0.15, 0.2) is 11.5 Å². The summed E-state index contributed by atoms with van der Waals surface area (Å²) in [7, 11) is 3.02. The zero-order chi connectivity index (χ0) is 19.4. The minimum Gasteiger partial charge on any atom is -0.493 e. The lowest BCUT2D eigenvalue weighted by atomic mass is 10.1. The maximum atomic E-state index is 12.6. The van der Waals surface area contributed by atoms with Crippen LogP contribution in [-0.2, 0) is 16.1 Å². The predicted molar refractivity (Wildman–Crippen MR) is 103 cm³/mol. The average molecular weight is 389 g/mol. The fourth-order valence-electron chi connectivity index (χ4n) is 3.09. The molecule has 0 spiro atoms. The number of hydrogen-bond donors (Lipinski definition) is 1. The quantitative estimate of drug-likeness (QED) is 0.824. The van der Waals surface area contributed by atoms with Crippen LogP contribution in [0.4, 0.5) is 5.69 Å². The summed E-state index contributed by atoms with van der Waals surface area (Å²) in [6.45, 7) is 0.880. The molecule has 1 unspecified atom stereocenters. The van der Waals surface area contributed by atoms with E-state index in [-0.39, 0.29) is 18.2 Å². The molecule has 1 fully saturated rings. The van der Waals surface area contributed by atoms with Crippen molar-refractivity contribution in [3.8, 4) is 11.5 Å². The van der Waals surface area contributed by atoms with E-state index in [1.165, 1.54) is 14.2 Å². The van der Waals surface area contributed by atoms with E-state index < -0.39 is 5.92 Å². The molecule has 1 atom stereocenters. The molecule has 1 saturated heterocycles. The second-order valence-electron chi connectivity index (χ2n) is 6.34. The highest BCUT2D eigenvalue weighted by atomic mass is 35.5. The standard InChI is InChI=1S/C20H21ClN2O4/c1-26-17-9-15(21)16(10-18(17)27-2)22-20(25)14-8-19(24)23(12-14)11-13-6-4-3-5-7-13/h3-7,9-10,14H,8,11-12H2,1-2H3,(H,22,25). The molecule has 2 amide bonds. The Hall–Kier alpha value is -2.73. The lowest BCUT2D eigenvalue weighted by Gasteiger charge is -2.17. The van der Waals surface area contributed by atoms with E-state index in [1.54, 1.807) is 17.0 Å². The molecular formula is C20H21ClN2O4. The Labute approximate surface area is 163 Å². The Morgan fingerprint density at radius 1 is 1.19 bits per heavy atom. The number of amides is 2. The van der Waals surface area contributed by atoms with Gasteiger partial charge in [-0.1, -0.05) is 41.9 Å². The molecule has 0 saturated carbocycles. The summed E-state index contributed by atoms with van der Waals surface area (Å²) in [5.74, 6) is 0.242. The van der Waals surface area contributed by atoms with Crippen molar-refractivity contribution in [2.24, 2.45) is 5.92 Å². The minimum absolute atomic E-state index is 0.0302. The van der Waals surface area contributed by atoms with Crippen LogP contribution in [0.25, 0.3) is 0 Å². The summed E-state index contributed by atoms with van der Waals surface area (Å²) < 4.78 is 10.4. The van der Waals surface area contributed by atoms with E-state index in [0.29, 0.717) is 35.3 Å². The fourth-order valence-corrected chi connectivity index (χ4v) is 3.29. The van der Waals surface area contributed by atoms with Crippen molar-refractivity contribution in [3.63, 3.8) is 0 Å². The van der Waals surface area contributed by atoms with Crippen molar-refractivity contribution >= 4 is 29.1 Å². The third-order valence-electron chi connectivity index (χ3n) is 4.53. The first kappa shape index (κ1) is 19.0. The number of methoxy groups -OCH3 is 2. The van der Waals surface area contributed by atoms with Crippen LogP contribution in [0.15, 0.2) is 42.5 Å². The highest BCUT2D eigenvalue weighted by Crippen LogP contribution is 2.36. The van der Waals surface area contributed by atoms with Gasteiger partial charge in [0.1, 0.15) is 0 Å². The van der Waals surface area contributed by atoms with Gasteiger partial charge in [0, 0.05) is 31.6 Å². The Morgan fingerprint density at radius 3 is 2.52 bits per heavy atom. The summed E-state index contributed by atoms with van der Waals surface area (Å²) in [6, 6.07) is 12.9. The van der Waals surface area contributed by atoms with Gasteiger partial charge >= 0.3 is 0 Å². The molecule has 1 aliphatic heterocycles. The third kappa shape index (κ3) is 4.34. The zero-order valence-electron chi connectivity index (χ0n) is 15.2. The highest BCUT2D eigenvalue weighted by Gasteiger charge is 2.34. The number of anilines is 1. The predicted octanol–water partition coefficient (Wildman–Crippen LogP) is 3.34. The van der Waals surface area contributed by atoms with Crippen LogP contribution in [0.5, 0.6) is 11.5 Å². The van der Waals surface area contributed by atoms with Gasteiger partial charge < -0.3 is 19.7 Å². The molecule has 142 valence electrons. The molecule has 6 nitrogen and oxygen atoms in total. The Balaban J connectivity index is 1.68. The number of nitrogens with one attached hydrogen (secondary N) is 1. The van der Waals surface area contributed by atoms with E-state index >= 15 is 0 Å². The van der Waals surface area contributed by atoms with Crippen LogP contribution in [0.1, 0.15) is 12.0 Å². The summed E-state index contributed by atoms with van der Waals surface area (Å²) in [5.41, 5.74) is 1.46. The van der Waals surface area contributed by atoms with Crippen LogP contribution in [-0.4, -0.2) is 37.5 Å². The molecule has 1 N–H and O–H groups in total. The van der Waals surface area contributed by atoms with Crippen molar-refractivity contribution in [1.82, 2.24) is 4.90 Å². The van der Waals surface area contributed by atoms with Crippen molar-refractivity contribution in [1.29, 1.82) is 0 Å². The monoisotopic (exact) mass is 388 g/mol. The van der Waals surface area contributed by atoms with Gasteiger partial charge in [-0.05, 0) is 5.56 Å². The molecule has 0 bridgehead atoms. The van der Waals surface area contributed by atoms with Gasteiger partial charge in [-0.2, -0.15) is 0 Å². The number of ether oxygens (including phenoxy) is 2. The molecule has 7 heteroatoms. The number of nitrogens with zero attached hydrogens (tertiary/aromatic N) is 1. The lowest BCUT2D eigenvalue weighted by Crippen LogP contribution is -2.28. The number of benzene rings is 2. The summed E-state index contributed by atoms with van der Waals surface area (Å²) in [4.78, 5) is 26.6. The highest BCUT2D eigenvalue weighted by molar-refractivity contribution is 6.34. The topological polar surface area (TPSA) is 67.9 Å². The fraction of sp³-hybridized carbons (Fsp3) is 0.300. The van der Waals surface area contributed by atoms with E-state index in [1.807, 2.05) is 30.3 Å². The Bertz CT molecular complexity index is 841. The summed E-state index contributed by atoms with van der Waals surface area (Å²) >= 11 is 6.22. The van der Waals surface area contributed by atoms with Crippen LogP contribution in [0, 0.1) is 5.92 Å². The van der Waals surface area contributed by atoms with Crippen molar-refractivity contribution < 1.29 is 19.1 Å². The molecule has 3 rings (SSSR count). The first-order chi connectivity index (χ1) is 13.0. The van der Waals surface area contributed by atoms with Gasteiger partial charge in [0.2, 0.25) is 11.8 Å². The van der Waals surface area contributed by atoms with Gasteiger partial charge in [-0.15, -0.1) is 0 Å². The Kier molecular flexibility index (Phi) is 5.86. The first-order valence-electron chi connectivity index (χ1n) is 8.56. The third-order valence-corrected chi connectivity index (χ3v) is 4.85. The SMILES string of the molecule is COc1cc(Cl)c(NC(=O)C2CC(=O)N(Cc3ccccc3)C2)cc1OC. The van der Waals surface area contributed by atoms with Crippen molar-refractivity contribution in [3.05, 3.63) is 53.1 Å². The smallest absolute Gasteiger partial charge is 0.229 e. The average Bonchev–Trinajstić information content (AvgIpc) is 3.04. The zero-order valence-corrected chi connectivity index (χ0v) is 16.0. The largest absolute Gasteiger partial charge is 0.493 e. The lowest BCUT2D eigenvalue weighted by molar-refractivity contribution is -0.128. The van der Waals surface area contributed by atoms with Crippen LogP contribution in [0.3, 0.4) is 0 Å². The van der Waals surface area contributed by atoms with Gasteiger partial charge in [0.25, 0.3) is 0 Å². The molecule has 27 heavy (non-hydrogen) atoms. The molecule has 2 aromatic rings. The molecule has 2 aromatic carbocycles. The van der Waals surface area contributed by atoms with E-state index in [9.17, 15) is 9.59 Å². The van der Waals surface area contributed by atoms with Crippen LogP contribution < -0.4 is 14.8 Å². The second kappa shape index (κ2) is 8.31. The molecule has 1 heterocycles. The summed E-state index contributed by atoms with van der Waals surface area (Å²) in [5, 5.41) is 3.14. The number of halogens is 1. The van der Waals surface area contributed by atoms with E-state index in [0.717, 1.165) is 5.56 Å². The normalized spacial score (nSPS) is 16.3. The van der Waals surface area contributed by atoms with E-state index in [2.05, 4.69) is 5.32 Å². The van der Waals surface area contributed by atoms with Gasteiger partial charge in [-0.3, -0.25) is 9.59 Å². The number of likely N-dealkylation sites (tertiary alicyclic amines) is 1. The molecule has 0 aromatic heterocycles. The van der Waals surface area contributed by atoms with Crippen molar-refractivity contribution in [2.75, 3.05) is 26.1 Å². The van der Waals surface area contributed by atoms with Crippen LogP contribution in [0.2, 0.25) is 5.02 Å². The number of hydrogen-bond acceptors (Lipinski definition) is 4. The number of carbonyl (C=O) groups excluding carboxylic acids is 2. The molecule has 0 radical (unpaired) electrons. The number of rotatable bonds is 6. The maximum absolute atomic E-state index is 12.6. The van der Waals surface area contributed by atoms with Gasteiger partial charge in [-0.25, -0.2) is 0 Å². The summed E-state index contributed by atoms with van der Waals surface area (Å²) in [6.07, 6.45) is 0.184. The Morgan fingerprint density at radius 2 is 1.85 bits per heavy atom. The maximum Gasteiger partial charge on any atom is 0.229 e. The second-order valence-corrected chi connectivity index (χ2v) is 6.74. The van der Waals surface area contributed by atoms with Crippen LogP contribution >= 0.6 is 11.6 Å². The van der Waals surface area contributed by atoms with Gasteiger partial charge in [0.05, 0.1) is 30.8 Å². The van der Waals surface area contributed by atoms with Crippen molar-refractivity contribution in [2.45, 2.75) is 13.0 Å². The molecular weight excluding hydrogens is 368 g/mol. The number of carbonyl (C=O) groups is 2. The minimum atomic E-state index is -0.426. The van der Waals surface area contributed by atoms with E-state index in [4.69, 9.17) is 21.1 Å². The molecule has 1 aliphatic rings.